The van der Waals surface area contributed by atoms with Crippen LogP contribution in [0.25, 0.3) is 0 Å². The maximum atomic E-state index is 11.8. The molecule has 0 fully saturated rings. The van der Waals surface area contributed by atoms with Gasteiger partial charge in [0.1, 0.15) is 19.0 Å². The average Bonchev–Trinajstić information content (AvgIpc) is 2.72. The third-order valence-electron chi connectivity index (χ3n) is 4.59. The van der Waals surface area contributed by atoms with Gasteiger partial charge in [0.05, 0.1) is 5.56 Å². The number of benzene rings is 2. The minimum atomic E-state index is -0.316. The number of ether oxygens (including phenoxy) is 2. The molecule has 0 atom stereocenters. The molecule has 0 radical (unpaired) electrons. The minimum absolute atomic E-state index is 0.244. The molecule has 0 bridgehead atoms. The summed E-state index contributed by atoms with van der Waals surface area (Å²) in [6, 6.07) is 17.2. The number of carbonyl (C=O) groups excluding carboxylic acids is 1. The Balaban J connectivity index is 1.56. The number of unbranched alkanes of at least 4 members (excludes halogenated alkanes) is 6. The molecule has 0 spiro atoms. The molecule has 27 heavy (non-hydrogen) atoms. The zero-order valence-electron chi connectivity index (χ0n) is 16.5. The average molecular weight is 369 g/mol. The van der Waals surface area contributed by atoms with Crippen molar-refractivity contribution in [1.29, 1.82) is 0 Å². The van der Waals surface area contributed by atoms with Crippen LogP contribution in [0.1, 0.15) is 67.8 Å². The summed E-state index contributed by atoms with van der Waals surface area (Å²) in [5.74, 6) is 0.498. The van der Waals surface area contributed by atoms with Crippen molar-refractivity contribution in [3.05, 3.63) is 65.7 Å². The quantitative estimate of drug-likeness (QED) is 0.311. The molecule has 0 heterocycles. The summed E-state index contributed by atoms with van der Waals surface area (Å²) in [7, 11) is 0. The van der Waals surface area contributed by atoms with Gasteiger partial charge in [-0.05, 0) is 42.7 Å². The molecule has 3 nitrogen and oxygen atoms in total. The number of hydrogen-bond acceptors (Lipinski definition) is 3. The lowest BCUT2D eigenvalue weighted by molar-refractivity contribution is 0.0450. The molecule has 0 N–H and O–H groups in total. The van der Waals surface area contributed by atoms with Gasteiger partial charge in [0.25, 0.3) is 0 Å². The molecule has 2 aromatic rings. The Kier molecular flexibility index (Phi) is 10.1. The van der Waals surface area contributed by atoms with Crippen LogP contribution in [0.2, 0.25) is 0 Å². The zero-order chi connectivity index (χ0) is 19.2. The predicted molar refractivity (Wildman–Crippen MR) is 110 cm³/mol. The SMILES string of the molecule is CCCCCCCCCc1ccc(OCCOC(=O)c2ccccc2)cc1. The molecule has 0 saturated heterocycles. The smallest absolute Gasteiger partial charge is 0.338 e. The maximum absolute atomic E-state index is 11.8. The Morgan fingerprint density at radius 1 is 0.778 bits per heavy atom. The van der Waals surface area contributed by atoms with Gasteiger partial charge >= 0.3 is 5.97 Å². The van der Waals surface area contributed by atoms with Crippen molar-refractivity contribution in [2.45, 2.75) is 58.3 Å². The van der Waals surface area contributed by atoms with E-state index in [4.69, 9.17) is 9.47 Å². The van der Waals surface area contributed by atoms with E-state index in [0.29, 0.717) is 12.2 Å². The van der Waals surface area contributed by atoms with E-state index >= 15 is 0 Å². The number of aryl methyl sites for hydroxylation is 1. The van der Waals surface area contributed by atoms with Crippen LogP contribution in [0, 0.1) is 0 Å². The van der Waals surface area contributed by atoms with Crippen molar-refractivity contribution in [3.8, 4) is 5.75 Å². The molecule has 0 amide bonds. The molecule has 2 rings (SSSR count). The topological polar surface area (TPSA) is 35.5 Å². The van der Waals surface area contributed by atoms with Crippen molar-refractivity contribution in [2.75, 3.05) is 13.2 Å². The highest BCUT2D eigenvalue weighted by molar-refractivity contribution is 5.89. The number of rotatable bonds is 13. The highest BCUT2D eigenvalue weighted by Crippen LogP contribution is 2.15. The van der Waals surface area contributed by atoms with E-state index in [0.717, 1.165) is 12.2 Å². The van der Waals surface area contributed by atoms with E-state index in [2.05, 4.69) is 19.1 Å². The lowest BCUT2D eigenvalue weighted by Crippen LogP contribution is -2.12. The second-order valence-electron chi connectivity index (χ2n) is 6.87. The van der Waals surface area contributed by atoms with E-state index in [-0.39, 0.29) is 12.6 Å². The van der Waals surface area contributed by atoms with Crippen LogP contribution in [0.4, 0.5) is 0 Å². The van der Waals surface area contributed by atoms with Crippen LogP contribution in [-0.2, 0) is 11.2 Å². The normalized spacial score (nSPS) is 10.6. The van der Waals surface area contributed by atoms with Gasteiger partial charge in [-0.3, -0.25) is 0 Å². The second kappa shape index (κ2) is 13.0. The summed E-state index contributed by atoms with van der Waals surface area (Å²) < 4.78 is 10.9. The van der Waals surface area contributed by atoms with E-state index < -0.39 is 0 Å². The summed E-state index contributed by atoms with van der Waals surface area (Å²) in [4.78, 5) is 11.8. The van der Waals surface area contributed by atoms with E-state index in [1.54, 1.807) is 12.1 Å². The van der Waals surface area contributed by atoms with Gasteiger partial charge in [0.2, 0.25) is 0 Å². The molecule has 0 aromatic heterocycles. The van der Waals surface area contributed by atoms with Crippen LogP contribution < -0.4 is 4.74 Å². The fourth-order valence-electron chi connectivity index (χ4n) is 2.99. The van der Waals surface area contributed by atoms with Crippen LogP contribution >= 0.6 is 0 Å². The van der Waals surface area contributed by atoms with Crippen LogP contribution in [-0.4, -0.2) is 19.2 Å². The van der Waals surface area contributed by atoms with Crippen molar-refractivity contribution in [3.63, 3.8) is 0 Å². The first-order chi connectivity index (χ1) is 13.3. The van der Waals surface area contributed by atoms with E-state index in [9.17, 15) is 4.79 Å². The van der Waals surface area contributed by atoms with Gasteiger partial charge in [-0.2, -0.15) is 0 Å². The third-order valence-corrected chi connectivity index (χ3v) is 4.59. The Labute approximate surface area is 163 Å². The molecule has 0 aliphatic heterocycles. The molecule has 0 unspecified atom stereocenters. The molecule has 3 heteroatoms. The third kappa shape index (κ3) is 8.76. The van der Waals surface area contributed by atoms with Gasteiger partial charge in [-0.25, -0.2) is 4.79 Å². The molecule has 0 aliphatic rings. The standard InChI is InChI=1S/C24H32O3/c1-2-3-4-5-6-7-9-12-21-15-17-23(18-16-21)26-19-20-27-24(25)22-13-10-8-11-14-22/h8,10-11,13-18H,2-7,9,12,19-20H2,1H3. The highest BCUT2D eigenvalue weighted by atomic mass is 16.6. The summed E-state index contributed by atoms with van der Waals surface area (Å²) in [5, 5.41) is 0. The van der Waals surface area contributed by atoms with E-state index in [1.165, 1.54) is 50.5 Å². The van der Waals surface area contributed by atoms with Gasteiger partial charge in [0.15, 0.2) is 0 Å². The highest BCUT2D eigenvalue weighted by Gasteiger charge is 2.05. The fourth-order valence-corrected chi connectivity index (χ4v) is 2.99. The Morgan fingerprint density at radius 2 is 1.44 bits per heavy atom. The molecule has 0 aliphatic carbocycles. The first kappa shape index (κ1) is 21.0. The predicted octanol–water partition coefficient (Wildman–Crippen LogP) is 6.22. The van der Waals surface area contributed by atoms with Gasteiger partial charge < -0.3 is 9.47 Å². The molecule has 0 saturated carbocycles. The largest absolute Gasteiger partial charge is 0.490 e. The zero-order valence-corrected chi connectivity index (χ0v) is 16.5. The van der Waals surface area contributed by atoms with Crippen molar-refractivity contribution >= 4 is 5.97 Å². The number of esters is 1. The summed E-state index contributed by atoms with van der Waals surface area (Å²) in [5.41, 5.74) is 1.92. The molecular formula is C24H32O3. The lowest BCUT2D eigenvalue weighted by Gasteiger charge is -2.08. The van der Waals surface area contributed by atoms with Gasteiger partial charge in [-0.1, -0.05) is 75.8 Å². The van der Waals surface area contributed by atoms with Crippen LogP contribution in [0.5, 0.6) is 5.75 Å². The van der Waals surface area contributed by atoms with Crippen LogP contribution in [0.3, 0.4) is 0 Å². The maximum Gasteiger partial charge on any atom is 0.338 e. The Morgan fingerprint density at radius 3 is 2.15 bits per heavy atom. The summed E-state index contributed by atoms with van der Waals surface area (Å²) in [6.45, 7) is 2.86. The van der Waals surface area contributed by atoms with Gasteiger partial charge in [-0.15, -0.1) is 0 Å². The van der Waals surface area contributed by atoms with Gasteiger partial charge in [0, 0.05) is 0 Å². The summed E-state index contributed by atoms with van der Waals surface area (Å²) in [6.07, 6.45) is 10.5. The molecular weight excluding hydrogens is 336 g/mol. The first-order valence-corrected chi connectivity index (χ1v) is 10.2. The minimum Gasteiger partial charge on any atom is -0.490 e. The Bertz CT molecular complexity index is 634. The van der Waals surface area contributed by atoms with Crippen LogP contribution in [0.15, 0.2) is 54.6 Å². The number of hydrogen-bond donors (Lipinski definition) is 0. The monoisotopic (exact) mass is 368 g/mol. The lowest BCUT2D eigenvalue weighted by atomic mass is 10.0. The first-order valence-electron chi connectivity index (χ1n) is 10.2. The number of carbonyl (C=O) groups is 1. The van der Waals surface area contributed by atoms with Crippen molar-refractivity contribution in [2.24, 2.45) is 0 Å². The molecule has 2 aromatic carbocycles. The Hall–Kier alpha value is -2.29. The van der Waals surface area contributed by atoms with Crippen molar-refractivity contribution < 1.29 is 14.3 Å². The fraction of sp³-hybridized carbons (Fsp3) is 0.458. The summed E-state index contributed by atoms with van der Waals surface area (Å²) >= 11 is 0. The second-order valence-corrected chi connectivity index (χ2v) is 6.87. The molecule has 146 valence electrons. The van der Waals surface area contributed by atoms with Crippen molar-refractivity contribution in [1.82, 2.24) is 0 Å². The van der Waals surface area contributed by atoms with E-state index in [1.807, 2.05) is 30.3 Å².